The van der Waals surface area contributed by atoms with Crippen molar-refractivity contribution in [1.82, 2.24) is 10.2 Å². The number of carbonyl (C=O) groups excluding carboxylic acids is 1. The molecule has 1 N–H and O–H groups in total. The van der Waals surface area contributed by atoms with Gasteiger partial charge in [-0.05, 0) is 30.4 Å². The number of piperazine rings is 1. The molecule has 1 aliphatic rings. The van der Waals surface area contributed by atoms with E-state index in [0.717, 1.165) is 30.9 Å². The van der Waals surface area contributed by atoms with Gasteiger partial charge in [-0.25, -0.2) is 0 Å². The Morgan fingerprint density at radius 1 is 1.65 bits per heavy atom. The molecule has 96 valence electrons. The minimum Gasteiger partial charge on any atom is -0.333 e. The third-order valence-electron chi connectivity index (χ3n) is 3.08. The summed E-state index contributed by atoms with van der Waals surface area (Å²) in [6.45, 7) is 6.83. The molecule has 0 spiro atoms. The molecule has 3 nitrogen and oxygen atoms in total. The topological polar surface area (TPSA) is 32.3 Å². The van der Waals surface area contributed by atoms with Crippen molar-refractivity contribution in [2.45, 2.75) is 26.3 Å². The minimum atomic E-state index is 0. The van der Waals surface area contributed by atoms with Gasteiger partial charge in [0, 0.05) is 25.7 Å². The fraction of sp³-hybridized carbons (Fsp3) is 0.583. The summed E-state index contributed by atoms with van der Waals surface area (Å²) < 4.78 is 0. The third kappa shape index (κ3) is 3.00. The lowest BCUT2D eigenvalue weighted by atomic mass is 10.1. The first-order valence-corrected chi connectivity index (χ1v) is 6.70. The van der Waals surface area contributed by atoms with Crippen LogP contribution in [0.4, 0.5) is 0 Å². The quantitative estimate of drug-likeness (QED) is 0.896. The summed E-state index contributed by atoms with van der Waals surface area (Å²) in [5, 5.41) is 5.32. The van der Waals surface area contributed by atoms with E-state index in [1.165, 1.54) is 5.56 Å². The maximum Gasteiger partial charge on any atom is 0.264 e. The van der Waals surface area contributed by atoms with E-state index in [1.54, 1.807) is 11.3 Å². The Morgan fingerprint density at radius 2 is 2.41 bits per heavy atom. The minimum absolute atomic E-state index is 0. The van der Waals surface area contributed by atoms with Crippen molar-refractivity contribution in [2.75, 3.05) is 19.6 Å². The van der Waals surface area contributed by atoms with Crippen LogP contribution in [-0.4, -0.2) is 36.5 Å². The van der Waals surface area contributed by atoms with E-state index in [-0.39, 0.29) is 18.3 Å². The number of nitrogens with one attached hydrogen (secondary N) is 1. The van der Waals surface area contributed by atoms with Crippen molar-refractivity contribution in [2.24, 2.45) is 0 Å². The summed E-state index contributed by atoms with van der Waals surface area (Å²) in [6.07, 6.45) is 0.936. The van der Waals surface area contributed by atoms with Gasteiger partial charge in [-0.1, -0.05) is 6.92 Å². The molecule has 17 heavy (non-hydrogen) atoms. The van der Waals surface area contributed by atoms with Crippen molar-refractivity contribution in [3.05, 3.63) is 21.9 Å². The fourth-order valence-corrected chi connectivity index (χ4v) is 3.03. The van der Waals surface area contributed by atoms with E-state index in [4.69, 9.17) is 0 Å². The van der Waals surface area contributed by atoms with Crippen LogP contribution in [0.25, 0.3) is 0 Å². The molecule has 1 amide bonds. The molecule has 1 aromatic heterocycles. The van der Waals surface area contributed by atoms with E-state index in [0.29, 0.717) is 6.04 Å². The zero-order chi connectivity index (χ0) is 11.5. The molecular weight excluding hydrogens is 256 g/mol. The Morgan fingerprint density at radius 3 is 3.06 bits per heavy atom. The number of nitrogens with zero attached hydrogens (tertiary/aromatic N) is 1. The van der Waals surface area contributed by atoms with Crippen LogP contribution < -0.4 is 5.32 Å². The van der Waals surface area contributed by atoms with Crippen molar-refractivity contribution in [1.29, 1.82) is 0 Å². The second kappa shape index (κ2) is 6.38. The smallest absolute Gasteiger partial charge is 0.264 e. The maximum atomic E-state index is 12.4. The number of rotatable bonds is 2. The van der Waals surface area contributed by atoms with Crippen molar-refractivity contribution in [3.63, 3.8) is 0 Å². The lowest BCUT2D eigenvalue weighted by Gasteiger charge is -2.33. The Labute approximate surface area is 113 Å². The predicted octanol–water partition coefficient (Wildman–Crippen LogP) is 2.17. The van der Waals surface area contributed by atoms with Crippen LogP contribution in [0.3, 0.4) is 0 Å². The number of hydrogen-bond acceptors (Lipinski definition) is 3. The van der Waals surface area contributed by atoms with E-state index in [2.05, 4.69) is 25.2 Å². The van der Waals surface area contributed by atoms with Crippen LogP contribution in [-0.2, 0) is 6.42 Å². The molecule has 1 saturated heterocycles. The molecule has 0 unspecified atom stereocenters. The van der Waals surface area contributed by atoms with Crippen LogP contribution >= 0.6 is 23.7 Å². The molecule has 1 aromatic rings. The van der Waals surface area contributed by atoms with Crippen LogP contribution in [0, 0.1) is 0 Å². The van der Waals surface area contributed by atoms with Gasteiger partial charge in [-0.2, -0.15) is 0 Å². The van der Waals surface area contributed by atoms with Gasteiger partial charge in [-0.3, -0.25) is 4.79 Å². The summed E-state index contributed by atoms with van der Waals surface area (Å²) in [5.41, 5.74) is 1.18. The van der Waals surface area contributed by atoms with Crippen molar-refractivity contribution < 1.29 is 4.79 Å². The molecule has 2 heterocycles. The van der Waals surface area contributed by atoms with Gasteiger partial charge in [0.1, 0.15) is 0 Å². The highest BCUT2D eigenvalue weighted by Gasteiger charge is 2.25. The maximum absolute atomic E-state index is 12.4. The van der Waals surface area contributed by atoms with Gasteiger partial charge in [0.25, 0.3) is 5.91 Å². The number of thiophene rings is 1. The molecule has 0 aliphatic carbocycles. The average molecular weight is 275 g/mol. The monoisotopic (exact) mass is 274 g/mol. The van der Waals surface area contributed by atoms with E-state index < -0.39 is 0 Å². The Bertz CT molecular complexity index is 380. The fourth-order valence-electron chi connectivity index (χ4n) is 2.07. The zero-order valence-corrected chi connectivity index (χ0v) is 11.9. The first-order chi connectivity index (χ1) is 7.74. The second-order valence-corrected chi connectivity index (χ2v) is 5.10. The Balaban J connectivity index is 0.00000144. The Hall–Kier alpha value is -0.580. The normalized spacial score (nSPS) is 19.9. The van der Waals surface area contributed by atoms with E-state index in [1.807, 2.05) is 10.3 Å². The lowest BCUT2D eigenvalue weighted by molar-refractivity contribution is 0.0660. The molecule has 0 radical (unpaired) electrons. The standard InChI is InChI=1S/C12H18N2OS.ClH/c1-3-10-4-7-16-11(10)12(15)14-6-5-13-8-9(14)2;/h4,7,9,13H,3,5-6,8H2,1-2H3;1H/t9-;/m1./s1. The molecule has 0 aromatic carbocycles. The van der Waals surface area contributed by atoms with Gasteiger partial charge in [0.05, 0.1) is 4.88 Å². The van der Waals surface area contributed by atoms with E-state index >= 15 is 0 Å². The van der Waals surface area contributed by atoms with Crippen molar-refractivity contribution >= 4 is 29.7 Å². The van der Waals surface area contributed by atoms with Crippen LogP contribution in [0.15, 0.2) is 11.4 Å². The van der Waals surface area contributed by atoms with Gasteiger partial charge in [-0.15, -0.1) is 23.7 Å². The number of amides is 1. The first-order valence-electron chi connectivity index (χ1n) is 5.82. The molecule has 5 heteroatoms. The van der Waals surface area contributed by atoms with Gasteiger partial charge in [0.2, 0.25) is 0 Å². The summed E-state index contributed by atoms with van der Waals surface area (Å²) in [7, 11) is 0. The highest BCUT2D eigenvalue weighted by atomic mass is 35.5. The Kier molecular flexibility index (Phi) is 5.43. The van der Waals surface area contributed by atoms with Gasteiger partial charge < -0.3 is 10.2 Å². The summed E-state index contributed by atoms with van der Waals surface area (Å²) in [4.78, 5) is 15.3. The molecule has 1 fully saturated rings. The second-order valence-electron chi connectivity index (χ2n) is 4.18. The van der Waals surface area contributed by atoms with Crippen LogP contribution in [0.5, 0.6) is 0 Å². The number of aryl methyl sites for hydroxylation is 1. The molecule has 0 bridgehead atoms. The summed E-state index contributed by atoms with van der Waals surface area (Å²) >= 11 is 1.57. The zero-order valence-electron chi connectivity index (χ0n) is 10.2. The number of halogens is 1. The summed E-state index contributed by atoms with van der Waals surface area (Å²) in [5.74, 6) is 0.209. The third-order valence-corrected chi connectivity index (χ3v) is 4.03. The highest BCUT2D eigenvalue weighted by Crippen LogP contribution is 2.21. The number of hydrogen-bond donors (Lipinski definition) is 1. The van der Waals surface area contributed by atoms with E-state index in [9.17, 15) is 4.79 Å². The van der Waals surface area contributed by atoms with Crippen molar-refractivity contribution in [3.8, 4) is 0 Å². The number of carbonyl (C=O) groups is 1. The molecule has 2 rings (SSSR count). The molecule has 1 aliphatic heterocycles. The highest BCUT2D eigenvalue weighted by molar-refractivity contribution is 7.12. The van der Waals surface area contributed by atoms with Crippen LogP contribution in [0.2, 0.25) is 0 Å². The molecular formula is C12H19ClN2OS. The van der Waals surface area contributed by atoms with Gasteiger partial charge >= 0.3 is 0 Å². The van der Waals surface area contributed by atoms with Crippen LogP contribution in [0.1, 0.15) is 29.1 Å². The molecule has 0 saturated carbocycles. The molecule has 1 atom stereocenters. The van der Waals surface area contributed by atoms with Gasteiger partial charge in [0.15, 0.2) is 0 Å². The SMILES string of the molecule is CCc1ccsc1C(=O)N1CCNC[C@H]1C.Cl. The summed E-state index contributed by atoms with van der Waals surface area (Å²) in [6, 6.07) is 2.36. The largest absolute Gasteiger partial charge is 0.333 e. The predicted molar refractivity (Wildman–Crippen MR) is 74.3 cm³/mol. The lowest BCUT2D eigenvalue weighted by Crippen LogP contribution is -2.52. The first kappa shape index (κ1) is 14.5. The average Bonchev–Trinajstić information content (AvgIpc) is 2.77.